The van der Waals surface area contributed by atoms with Crippen LogP contribution in [0.3, 0.4) is 0 Å². The lowest BCUT2D eigenvalue weighted by molar-refractivity contribution is 0.324. The number of nitrogens with one attached hydrogen (secondary N) is 1. The zero-order valence-corrected chi connectivity index (χ0v) is 14.9. The molecule has 2 heterocycles. The van der Waals surface area contributed by atoms with Gasteiger partial charge in [-0.25, -0.2) is 9.50 Å². The van der Waals surface area contributed by atoms with E-state index in [4.69, 9.17) is 14.2 Å². The maximum Gasteiger partial charge on any atom is 0.214 e. The summed E-state index contributed by atoms with van der Waals surface area (Å²) in [6.45, 7) is 3.00. The van der Waals surface area contributed by atoms with E-state index >= 15 is 0 Å². The first kappa shape index (κ1) is 16.4. The molecule has 8 heteroatoms. The average molecular weight is 348 g/mol. The maximum absolute atomic E-state index is 5.42. The number of fused-ring (bicyclic) bond motifs is 1. The van der Waals surface area contributed by atoms with Crippen molar-refractivity contribution in [1.82, 2.24) is 14.6 Å². The Kier molecular flexibility index (Phi) is 4.75. The van der Waals surface area contributed by atoms with E-state index in [2.05, 4.69) is 22.3 Å². The predicted octanol–water partition coefficient (Wildman–Crippen LogP) is 3.31. The van der Waals surface area contributed by atoms with E-state index in [1.54, 1.807) is 27.5 Å². The van der Waals surface area contributed by atoms with Crippen molar-refractivity contribution in [1.29, 1.82) is 0 Å². The highest BCUT2D eigenvalue weighted by molar-refractivity contribution is 7.20. The number of anilines is 1. The van der Waals surface area contributed by atoms with E-state index in [1.165, 1.54) is 11.3 Å². The molecule has 128 valence electrons. The average Bonchev–Trinajstić information content (AvgIpc) is 3.18. The minimum Gasteiger partial charge on any atom is -0.493 e. The smallest absolute Gasteiger partial charge is 0.214 e. The first-order valence-electron chi connectivity index (χ1n) is 7.60. The fourth-order valence-corrected chi connectivity index (χ4v) is 3.22. The van der Waals surface area contributed by atoms with E-state index in [-0.39, 0.29) is 0 Å². The molecule has 24 heavy (non-hydrogen) atoms. The monoisotopic (exact) mass is 348 g/mol. The molecule has 0 unspecified atom stereocenters. The molecule has 0 saturated heterocycles. The number of imidazole rings is 1. The fourth-order valence-electron chi connectivity index (χ4n) is 2.42. The zero-order valence-electron chi connectivity index (χ0n) is 14.1. The Morgan fingerprint density at radius 1 is 1.12 bits per heavy atom. The summed E-state index contributed by atoms with van der Waals surface area (Å²) >= 11 is 1.52. The third-order valence-corrected chi connectivity index (χ3v) is 4.45. The molecule has 2 aromatic heterocycles. The van der Waals surface area contributed by atoms with Crippen LogP contribution >= 0.6 is 11.3 Å². The van der Waals surface area contributed by atoms with Gasteiger partial charge in [-0.15, -0.1) is 5.10 Å². The van der Waals surface area contributed by atoms with Gasteiger partial charge in [0.2, 0.25) is 15.8 Å². The van der Waals surface area contributed by atoms with Gasteiger partial charge in [0, 0.05) is 12.1 Å². The minimum absolute atomic E-state index is 0.563. The quantitative estimate of drug-likeness (QED) is 0.706. The number of hydrogen-bond acceptors (Lipinski definition) is 7. The number of hydrogen-bond donors (Lipinski definition) is 1. The first-order chi connectivity index (χ1) is 11.7. The molecule has 0 aliphatic carbocycles. The molecule has 0 aliphatic rings. The molecule has 1 N–H and O–H groups in total. The van der Waals surface area contributed by atoms with E-state index in [9.17, 15) is 0 Å². The molecule has 0 atom stereocenters. The number of ether oxygens (including phenoxy) is 3. The number of nitrogens with zero attached hydrogens (tertiary/aromatic N) is 3. The van der Waals surface area contributed by atoms with Crippen molar-refractivity contribution in [2.24, 2.45) is 0 Å². The minimum atomic E-state index is 0.563. The summed E-state index contributed by atoms with van der Waals surface area (Å²) in [6.07, 6.45) is 2.84. The normalized spacial score (nSPS) is 10.8. The number of methoxy groups -OCH3 is 3. The van der Waals surface area contributed by atoms with Crippen LogP contribution in [0.15, 0.2) is 18.3 Å². The van der Waals surface area contributed by atoms with Gasteiger partial charge in [-0.05, 0) is 18.6 Å². The van der Waals surface area contributed by atoms with Crippen LogP contribution in [0.25, 0.3) is 16.2 Å². The molecule has 3 aromatic rings. The second kappa shape index (κ2) is 6.96. The third kappa shape index (κ3) is 2.84. The van der Waals surface area contributed by atoms with Crippen molar-refractivity contribution in [2.75, 3.05) is 33.2 Å². The highest BCUT2D eigenvalue weighted by Gasteiger charge is 2.17. The fraction of sp³-hybridized carbons (Fsp3) is 0.375. The predicted molar refractivity (Wildman–Crippen MR) is 94.7 cm³/mol. The van der Waals surface area contributed by atoms with Crippen molar-refractivity contribution >= 4 is 21.4 Å². The SMILES string of the molecule is CCCNc1nn2c(-c3cc(OC)c(OC)c(OC)c3)cnc2s1. The molecule has 7 nitrogen and oxygen atoms in total. The summed E-state index contributed by atoms with van der Waals surface area (Å²) in [6, 6.07) is 3.78. The summed E-state index contributed by atoms with van der Waals surface area (Å²) in [4.78, 5) is 5.27. The van der Waals surface area contributed by atoms with Crippen LogP contribution in [0.4, 0.5) is 5.13 Å². The Morgan fingerprint density at radius 2 is 1.83 bits per heavy atom. The van der Waals surface area contributed by atoms with Crippen molar-refractivity contribution in [2.45, 2.75) is 13.3 Å². The molecule has 0 aliphatic heterocycles. The van der Waals surface area contributed by atoms with Crippen LogP contribution in [0, 0.1) is 0 Å². The zero-order chi connectivity index (χ0) is 17.1. The van der Waals surface area contributed by atoms with E-state index in [1.807, 2.05) is 16.6 Å². The maximum atomic E-state index is 5.42. The van der Waals surface area contributed by atoms with Crippen LogP contribution in [0.1, 0.15) is 13.3 Å². The Bertz CT molecular complexity index is 818. The van der Waals surface area contributed by atoms with Gasteiger partial charge >= 0.3 is 0 Å². The second-order valence-corrected chi connectivity index (χ2v) is 6.04. The first-order valence-corrected chi connectivity index (χ1v) is 8.42. The summed E-state index contributed by atoms with van der Waals surface area (Å²) in [7, 11) is 4.79. The topological polar surface area (TPSA) is 69.9 Å². The molecule has 0 spiro atoms. The molecule has 3 rings (SSSR count). The molecule has 0 fully saturated rings. The molecule has 0 radical (unpaired) electrons. The summed E-state index contributed by atoms with van der Waals surface area (Å²) in [5, 5.41) is 8.73. The van der Waals surface area contributed by atoms with Gasteiger partial charge in [0.05, 0.1) is 33.2 Å². The lowest BCUT2D eigenvalue weighted by Gasteiger charge is -2.13. The van der Waals surface area contributed by atoms with E-state index < -0.39 is 0 Å². The number of rotatable bonds is 7. The molecule has 0 bridgehead atoms. The van der Waals surface area contributed by atoms with Gasteiger partial charge in [-0.1, -0.05) is 18.3 Å². The van der Waals surface area contributed by atoms with Crippen molar-refractivity contribution in [3.63, 3.8) is 0 Å². The highest BCUT2D eigenvalue weighted by Crippen LogP contribution is 2.41. The van der Waals surface area contributed by atoms with Crippen LogP contribution in [0.2, 0.25) is 0 Å². The van der Waals surface area contributed by atoms with Crippen LogP contribution in [-0.2, 0) is 0 Å². The van der Waals surface area contributed by atoms with Crippen molar-refractivity contribution in [3.8, 4) is 28.5 Å². The van der Waals surface area contributed by atoms with Crippen LogP contribution in [-0.4, -0.2) is 42.5 Å². The van der Waals surface area contributed by atoms with Gasteiger partial charge in [-0.2, -0.15) is 0 Å². The summed E-state index contributed by atoms with van der Waals surface area (Å²) in [5.74, 6) is 1.76. The van der Waals surface area contributed by atoms with Gasteiger partial charge in [0.15, 0.2) is 11.5 Å². The van der Waals surface area contributed by atoms with Crippen molar-refractivity contribution in [3.05, 3.63) is 18.3 Å². The molecular weight excluding hydrogens is 328 g/mol. The molecule has 0 amide bonds. The Balaban J connectivity index is 2.08. The number of aromatic nitrogens is 3. The largest absolute Gasteiger partial charge is 0.493 e. The lowest BCUT2D eigenvalue weighted by atomic mass is 10.1. The van der Waals surface area contributed by atoms with Crippen molar-refractivity contribution < 1.29 is 14.2 Å². The molecule has 1 aromatic carbocycles. The van der Waals surface area contributed by atoms with E-state index in [0.29, 0.717) is 17.2 Å². The summed E-state index contributed by atoms with van der Waals surface area (Å²) in [5.41, 5.74) is 1.76. The third-order valence-electron chi connectivity index (χ3n) is 3.57. The van der Waals surface area contributed by atoms with Gasteiger partial charge in [-0.3, -0.25) is 0 Å². The van der Waals surface area contributed by atoms with Crippen LogP contribution in [0.5, 0.6) is 17.2 Å². The molecular formula is C16H20N4O3S. The van der Waals surface area contributed by atoms with Gasteiger partial charge in [0.1, 0.15) is 0 Å². The highest BCUT2D eigenvalue weighted by atomic mass is 32.1. The summed E-state index contributed by atoms with van der Waals surface area (Å²) < 4.78 is 18.0. The Hall–Kier alpha value is -2.48. The van der Waals surface area contributed by atoms with Gasteiger partial charge < -0.3 is 19.5 Å². The molecule has 0 saturated carbocycles. The van der Waals surface area contributed by atoms with E-state index in [0.717, 1.165) is 34.3 Å². The van der Waals surface area contributed by atoms with Crippen LogP contribution < -0.4 is 19.5 Å². The lowest BCUT2D eigenvalue weighted by Crippen LogP contribution is -2.00. The Morgan fingerprint density at radius 3 is 2.42 bits per heavy atom. The van der Waals surface area contributed by atoms with Gasteiger partial charge in [0.25, 0.3) is 0 Å². The standard InChI is InChI=1S/C16H20N4O3S/c1-5-6-17-15-19-20-11(9-18-16(20)24-15)10-7-12(21-2)14(23-4)13(8-10)22-3/h7-9H,5-6H2,1-4H3,(H,17,19). The second-order valence-electron chi connectivity index (χ2n) is 5.09. The Labute approximate surface area is 144 Å². The number of benzene rings is 1.